The van der Waals surface area contributed by atoms with E-state index in [4.69, 9.17) is 5.73 Å². The van der Waals surface area contributed by atoms with Gasteiger partial charge in [-0.3, -0.25) is 4.79 Å². The van der Waals surface area contributed by atoms with E-state index in [1.54, 1.807) is 6.07 Å². The number of carbonyl (C=O) groups excluding carboxylic acids is 1. The third kappa shape index (κ3) is 3.27. The maximum absolute atomic E-state index is 12.0. The van der Waals surface area contributed by atoms with Gasteiger partial charge in [-0.05, 0) is 30.8 Å². The zero-order chi connectivity index (χ0) is 14.4. The SMILES string of the molecule is NCCCCCNC(=O)c1ccc2ccccc2c1O. The van der Waals surface area contributed by atoms with Crippen molar-refractivity contribution in [2.45, 2.75) is 19.3 Å². The highest BCUT2D eigenvalue weighted by Gasteiger charge is 2.12. The molecule has 0 saturated heterocycles. The number of phenolic OH excluding ortho intramolecular Hbond substituents is 1. The summed E-state index contributed by atoms with van der Waals surface area (Å²) in [4.78, 5) is 12.0. The van der Waals surface area contributed by atoms with Gasteiger partial charge in [-0.2, -0.15) is 0 Å². The van der Waals surface area contributed by atoms with Crippen LogP contribution in [0.5, 0.6) is 5.75 Å². The van der Waals surface area contributed by atoms with Crippen LogP contribution >= 0.6 is 0 Å². The van der Waals surface area contributed by atoms with Crippen LogP contribution in [0.25, 0.3) is 10.8 Å². The fraction of sp³-hybridized carbons (Fsp3) is 0.312. The van der Waals surface area contributed by atoms with Crippen LogP contribution in [0.3, 0.4) is 0 Å². The lowest BCUT2D eigenvalue weighted by molar-refractivity contribution is 0.0950. The number of aromatic hydroxyl groups is 1. The molecule has 0 saturated carbocycles. The Morgan fingerprint density at radius 3 is 2.70 bits per heavy atom. The Bertz CT molecular complexity index is 596. The molecule has 0 spiro atoms. The van der Waals surface area contributed by atoms with E-state index in [9.17, 15) is 9.90 Å². The number of rotatable bonds is 6. The standard InChI is InChI=1S/C16H20N2O2/c17-10-4-1-5-11-18-16(20)14-9-8-12-6-2-3-7-13(12)15(14)19/h2-3,6-9,19H,1,4-5,10-11,17H2,(H,18,20). The molecule has 1 amide bonds. The highest BCUT2D eigenvalue weighted by atomic mass is 16.3. The predicted octanol–water partition coefficient (Wildman–Crippen LogP) is 2.40. The summed E-state index contributed by atoms with van der Waals surface area (Å²) >= 11 is 0. The van der Waals surface area contributed by atoms with Crippen LogP contribution < -0.4 is 11.1 Å². The molecule has 4 nitrogen and oxygen atoms in total. The first-order chi connectivity index (χ1) is 9.74. The number of hydrogen-bond donors (Lipinski definition) is 3. The topological polar surface area (TPSA) is 75.3 Å². The summed E-state index contributed by atoms with van der Waals surface area (Å²) in [6.45, 7) is 1.28. The lowest BCUT2D eigenvalue weighted by atomic mass is 10.0. The van der Waals surface area contributed by atoms with E-state index in [1.807, 2.05) is 30.3 Å². The fourth-order valence-electron chi connectivity index (χ4n) is 2.18. The normalized spacial score (nSPS) is 10.7. The highest BCUT2D eigenvalue weighted by Crippen LogP contribution is 2.28. The van der Waals surface area contributed by atoms with E-state index in [0.29, 0.717) is 24.0 Å². The minimum Gasteiger partial charge on any atom is -0.506 e. The van der Waals surface area contributed by atoms with E-state index >= 15 is 0 Å². The molecule has 106 valence electrons. The van der Waals surface area contributed by atoms with E-state index < -0.39 is 0 Å². The van der Waals surface area contributed by atoms with Crippen LogP contribution in [0.1, 0.15) is 29.6 Å². The third-order valence-electron chi connectivity index (χ3n) is 3.31. The summed E-state index contributed by atoms with van der Waals surface area (Å²) in [6.07, 6.45) is 2.87. The van der Waals surface area contributed by atoms with Gasteiger partial charge in [0, 0.05) is 11.9 Å². The molecule has 0 aliphatic heterocycles. The predicted molar refractivity (Wildman–Crippen MR) is 80.9 cm³/mol. The first-order valence-electron chi connectivity index (χ1n) is 6.93. The van der Waals surface area contributed by atoms with Crippen LogP contribution in [-0.2, 0) is 0 Å². The number of nitrogens with two attached hydrogens (primary N) is 1. The number of amides is 1. The van der Waals surface area contributed by atoms with Crippen LogP contribution in [0.15, 0.2) is 36.4 Å². The van der Waals surface area contributed by atoms with Crippen molar-refractivity contribution in [3.8, 4) is 5.75 Å². The smallest absolute Gasteiger partial charge is 0.255 e. The summed E-state index contributed by atoms with van der Waals surface area (Å²) in [7, 11) is 0. The van der Waals surface area contributed by atoms with Crippen molar-refractivity contribution in [1.82, 2.24) is 5.32 Å². The first kappa shape index (κ1) is 14.3. The molecule has 0 radical (unpaired) electrons. The quantitative estimate of drug-likeness (QED) is 0.707. The average Bonchev–Trinajstić information content (AvgIpc) is 2.47. The van der Waals surface area contributed by atoms with Crippen molar-refractivity contribution < 1.29 is 9.90 Å². The number of nitrogens with one attached hydrogen (secondary N) is 1. The molecule has 0 bridgehead atoms. The molecule has 2 aromatic rings. The molecule has 0 atom stereocenters. The first-order valence-corrected chi connectivity index (χ1v) is 6.93. The van der Waals surface area contributed by atoms with Gasteiger partial charge in [-0.15, -0.1) is 0 Å². The molecule has 2 aromatic carbocycles. The summed E-state index contributed by atoms with van der Waals surface area (Å²) in [5, 5.41) is 14.6. The van der Waals surface area contributed by atoms with Gasteiger partial charge in [0.15, 0.2) is 0 Å². The largest absolute Gasteiger partial charge is 0.506 e. The zero-order valence-corrected chi connectivity index (χ0v) is 11.4. The minimum atomic E-state index is -0.235. The van der Waals surface area contributed by atoms with E-state index in [1.165, 1.54) is 0 Å². The number of benzene rings is 2. The van der Waals surface area contributed by atoms with E-state index in [2.05, 4.69) is 5.32 Å². The molecule has 0 aromatic heterocycles. The molecule has 20 heavy (non-hydrogen) atoms. The summed E-state index contributed by atoms with van der Waals surface area (Å²) in [5.41, 5.74) is 5.74. The van der Waals surface area contributed by atoms with Crippen molar-refractivity contribution in [2.75, 3.05) is 13.1 Å². The van der Waals surface area contributed by atoms with Crippen LogP contribution in [0.4, 0.5) is 0 Å². The number of phenols is 1. The average molecular weight is 272 g/mol. The van der Waals surface area contributed by atoms with Crippen molar-refractivity contribution in [3.63, 3.8) is 0 Å². The highest BCUT2D eigenvalue weighted by molar-refractivity contribution is 6.03. The van der Waals surface area contributed by atoms with Gasteiger partial charge in [-0.1, -0.05) is 36.8 Å². The lowest BCUT2D eigenvalue weighted by Gasteiger charge is -2.09. The summed E-state index contributed by atoms with van der Waals surface area (Å²) in [6, 6.07) is 11.0. The Kier molecular flexibility index (Phi) is 4.96. The van der Waals surface area contributed by atoms with Gasteiger partial charge in [0.25, 0.3) is 5.91 Å². The molecule has 0 aliphatic carbocycles. The minimum absolute atomic E-state index is 0.0440. The lowest BCUT2D eigenvalue weighted by Crippen LogP contribution is -2.24. The number of carbonyl (C=O) groups is 1. The number of unbranched alkanes of at least 4 members (excludes halogenated alkanes) is 2. The van der Waals surface area contributed by atoms with Crippen molar-refractivity contribution >= 4 is 16.7 Å². The Balaban J connectivity index is 2.05. The molecular weight excluding hydrogens is 252 g/mol. The van der Waals surface area contributed by atoms with Gasteiger partial charge < -0.3 is 16.2 Å². The number of hydrogen-bond acceptors (Lipinski definition) is 3. The second-order valence-corrected chi connectivity index (χ2v) is 4.79. The number of fused-ring (bicyclic) bond motifs is 1. The van der Waals surface area contributed by atoms with Crippen LogP contribution in [-0.4, -0.2) is 24.1 Å². The Hall–Kier alpha value is -2.07. The van der Waals surface area contributed by atoms with Gasteiger partial charge in [0.2, 0.25) is 0 Å². The van der Waals surface area contributed by atoms with E-state index in [-0.39, 0.29) is 11.7 Å². The maximum Gasteiger partial charge on any atom is 0.255 e. The monoisotopic (exact) mass is 272 g/mol. The van der Waals surface area contributed by atoms with Gasteiger partial charge in [0.1, 0.15) is 5.75 Å². The van der Waals surface area contributed by atoms with Crippen molar-refractivity contribution in [1.29, 1.82) is 0 Å². The third-order valence-corrected chi connectivity index (χ3v) is 3.31. The zero-order valence-electron chi connectivity index (χ0n) is 11.4. The molecule has 0 unspecified atom stereocenters. The molecule has 4 heteroatoms. The molecular formula is C16H20N2O2. The summed E-state index contributed by atoms with van der Waals surface area (Å²) < 4.78 is 0. The van der Waals surface area contributed by atoms with Gasteiger partial charge in [-0.25, -0.2) is 0 Å². The maximum atomic E-state index is 12.0. The summed E-state index contributed by atoms with van der Waals surface area (Å²) in [5.74, 6) is -0.191. The van der Waals surface area contributed by atoms with Crippen LogP contribution in [0, 0.1) is 0 Å². The van der Waals surface area contributed by atoms with Crippen molar-refractivity contribution in [3.05, 3.63) is 42.0 Å². The fourth-order valence-corrected chi connectivity index (χ4v) is 2.18. The van der Waals surface area contributed by atoms with Gasteiger partial charge in [0.05, 0.1) is 5.56 Å². The second-order valence-electron chi connectivity index (χ2n) is 4.79. The molecule has 2 rings (SSSR count). The van der Waals surface area contributed by atoms with E-state index in [0.717, 1.165) is 24.6 Å². The van der Waals surface area contributed by atoms with Crippen LogP contribution in [0.2, 0.25) is 0 Å². The second kappa shape index (κ2) is 6.91. The Morgan fingerprint density at radius 2 is 1.90 bits per heavy atom. The van der Waals surface area contributed by atoms with Gasteiger partial charge >= 0.3 is 0 Å². The molecule has 0 aliphatic rings. The molecule has 4 N–H and O–H groups in total. The Labute approximate surface area is 118 Å². The Morgan fingerprint density at radius 1 is 1.10 bits per heavy atom. The molecule has 0 fully saturated rings. The molecule has 0 heterocycles. The van der Waals surface area contributed by atoms with Crippen molar-refractivity contribution in [2.24, 2.45) is 5.73 Å².